The average Bonchev–Trinajstić information content (AvgIpc) is 2.91. The van der Waals surface area contributed by atoms with Crippen molar-refractivity contribution >= 4 is 45.0 Å². The van der Waals surface area contributed by atoms with Gasteiger partial charge in [-0.1, -0.05) is 11.8 Å². The third kappa shape index (κ3) is 3.99. The predicted molar refractivity (Wildman–Crippen MR) is 101 cm³/mol. The van der Waals surface area contributed by atoms with Gasteiger partial charge in [-0.25, -0.2) is 9.97 Å². The van der Waals surface area contributed by atoms with E-state index in [1.807, 2.05) is 19.0 Å². The Hall–Kier alpha value is -1.38. The zero-order chi connectivity index (χ0) is 17.1. The van der Waals surface area contributed by atoms with Gasteiger partial charge in [0.1, 0.15) is 10.6 Å². The maximum Gasteiger partial charge on any atom is 0.230 e. The van der Waals surface area contributed by atoms with Gasteiger partial charge in [0.25, 0.3) is 0 Å². The number of carbonyl (C=O) groups excluding carboxylic acids is 1. The van der Waals surface area contributed by atoms with Gasteiger partial charge in [0, 0.05) is 18.0 Å². The number of anilines is 1. The fourth-order valence-corrected chi connectivity index (χ4v) is 4.84. The van der Waals surface area contributed by atoms with Crippen molar-refractivity contribution in [1.29, 1.82) is 0 Å². The third-order valence-corrected chi connectivity index (χ3v) is 6.07. The minimum atomic E-state index is -0.00501. The van der Waals surface area contributed by atoms with Crippen LogP contribution >= 0.6 is 23.1 Å². The number of aryl methyl sites for hydroxylation is 2. The van der Waals surface area contributed by atoms with E-state index in [4.69, 9.17) is 5.73 Å². The summed E-state index contributed by atoms with van der Waals surface area (Å²) in [5.74, 6) is 0.855. The number of thiophene rings is 1. The van der Waals surface area contributed by atoms with Gasteiger partial charge in [0.15, 0.2) is 5.16 Å². The summed E-state index contributed by atoms with van der Waals surface area (Å²) in [6.07, 6.45) is 4.64. The van der Waals surface area contributed by atoms with E-state index in [9.17, 15) is 4.79 Å². The van der Waals surface area contributed by atoms with Crippen LogP contribution in [-0.2, 0) is 17.6 Å². The summed E-state index contributed by atoms with van der Waals surface area (Å²) in [6, 6.07) is 0. The Morgan fingerprint density at radius 3 is 2.92 bits per heavy atom. The fraction of sp³-hybridized carbons (Fsp3) is 0.562. The molecule has 8 heteroatoms. The fourth-order valence-electron chi connectivity index (χ4n) is 2.83. The molecule has 130 valence electrons. The Labute approximate surface area is 150 Å². The minimum Gasteiger partial charge on any atom is -0.383 e. The van der Waals surface area contributed by atoms with Crippen molar-refractivity contribution < 1.29 is 4.79 Å². The number of nitrogens with zero attached hydrogens (tertiary/aromatic N) is 3. The Balaban J connectivity index is 1.66. The summed E-state index contributed by atoms with van der Waals surface area (Å²) in [6.45, 7) is 1.47. The lowest BCUT2D eigenvalue weighted by molar-refractivity contribution is -0.118. The lowest BCUT2D eigenvalue weighted by Crippen LogP contribution is -2.32. The van der Waals surface area contributed by atoms with E-state index in [-0.39, 0.29) is 5.91 Å². The number of fused-ring (bicyclic) bond motifs is 3. The predicted octanol–water partition coefficient (Wildman–Crippen LogP) is 1.92. The summed E-state index contributed by atoms with van der Waals surface area (Å²) in [4.78, 5) is 25.3. The molecule has 0 spiro atoms. The zero-order valence-corrected chi connectivity index (χ0v) is 15.7. The molecule has 2 aromatic rings. The highest BCUT2D eigenvalue weighted by Crippen LogP contribution is 2.38. The molecule has 0 unspecified atom stereocenters. The normalized spacial score (nSPS) is 14.1. The summed E-state index contributed by atoms with van der Waals surface area (Å²) in [5, 5.41) is 4.51. The van der Waals surface area contributed by atoms with E-state index in [2.05, 4.69) is 15.3 Å². The Morgan fingerprint density at radius 2 is 2.12 bits per heavy atom. The molecule has 0 aliphatic heterocycles. The Morgan fingerprint density at radius 1 is 1.33 bits per heavy atom. The lowest BCUT2D eigenvalue weighted by atomic mass is 9.97. The van der Waals surface area contributed by atoms with Gasteiger partial charge in [-0.15, -0.1) is 11.3 Å². The van der Waals surface area contributed by atoms with Crippen LogP contribution < -0.4 is 11.1 Å². The number of thioether (sulfide) groups is 1. The largest absolute Gasteiger partial charge is 0.383 e. The van der Waals surface area contributed by atoms with Crippen LogP contribution in [0.1, 0.15) is 23.3 Å². The van der Waals surface area contributed by atoms with Crippen LogP contribution in [0.2, 0.25) is 0 Å². The number of rotatable bonds is 6. The molecule has 2 heterocycles. The molecule has 1 aliphatic rings. The van der Waals surface area contributed by atoms with Crippen molar-refractivity contribution in [2.45, 2.75) is 30.8 Å². The topological polar surface area (TPSA) is 84.1 Å². The van der Waals surface area contributed by atoms with Crippen molar-refractivity contribution in [3.05, 3.63) is 10.4 Å². The van der Waals surface area contributed by atoms with Crippen LogP contribution in [0.5, 0.6) is 0 Å². The van der Waals surface area contributed by atoms with Crippen molar-refractivity contribution in [2.75, 3.05) is 38.7 Å². The quantitative estimate of drug-likeness (QED) is 0.601. The second kappa shape index (κ2) is 7.67. The van der Waals surface area contributed by atoms with Crippen LogP contribution in [-0.4, -0.2) is 53.7 Å². The first-order valence-electron chi connectivity index (χ1n) is 8.16. The van der Waals surface area contributed by atoms with Gasteiger partial charge >= 0.3 is 0 Å². The number of hydrogen-bond acceptors (Lipinski definition) is 7. The molecule has 0 bridgehead atoms. The van der Waals surface area contributed by atoms with E-state index in [0.717, 1.165) is 29.6 Å². The molecular formula is C16H23N5OS2. The summed E-state index contributed by atoms with van der Waals surface area (Å²) < 4.78 is 0. The zero-order valence-electron chi connectivity index (χ0n) is 14.1. The number of nitrogens with two attached hydrogens (primary N) is 1. The van der Waals surface area contributed by atoms with Crippen molar-refractivity contribution in [1.82, 2.24) is 20.2 Å². The van der Waals surface area contributed by atoms with Gasteiger partial charge in [0.2, 0.25) is 5.91 Å². The molecule has 0 fully saturated rings. The first kappa shape index (κ1) is 17.4. The highest BCUT2D eigenvalue weighted by atomic mass is 32.2. The summed E-state index contributed by atoms with van der Waals surface area (Å²) >= 11 is 3.07. The molecule has 0 radical (unpaired) electrons. The van der Waals surface area contributed by atoms with Gasteiger partial charge in [-0.2, -0.15) is 0 Å². The number of carbonyl (C=O) groups is 1. The minimum absolute atomic E-state index is 0.00501. The molecule has 0 saturated heterocycles. The highest BCUT2D eigenvalue weighted by molar-refractivity contribution is 7.99. The van der Waals surface area contributed by atoms with Gasteiger partial charge in [-0.05, 0) is 45.3 Å². The van der Waals surface area contributed by atoms with Crippen LogP contribution in [0.25, 0.3) is 10.2 Å². The van der Waals surface area contributed by atoms with Crippen molar-refractivity contribution in [3.63, 3.8) is 0 Å². The van der Waals surface area contributed by atoms with E-state index in [0.29, 0.717) is 23.3 Å². The standard InChI is InChI=1S/C16H23N5OS2/c1-21(2)8-7-18-12(22)9-23-16-19-14(17)13-10-5-3-4-6-11(10)24-15(13)20-16/h3-9H2,1-2H3,(H,18,22)(H2,17,19,20). The monoisotopic (exact) mass is 365 g/mol. The second-order valence-electron chi connectivity index (χ2n) is 6.22. The van der Waals surface area contributed by atoms with Gasteiger partial charge in [-0.3, -0.25) is 4.79 Å². The Kier molecular flexibility index (Phi) is 5.57. The van der Waals surface area contributed by atoms with E-state index in [1.165, 1.54) is 35.0 Å². The molecule has 3 N–H and O–H groups in total. The number of likely N-dealkylation sites (N-methyl/N-ethyl adjacent to an activating group) is 1. The van der Waals surface area contributed by atoms with E-state index in [1.54, 1.807) is 11.3 Å². The molecule has 1 amide bonds. The number of hydrogen-bond donors (Lipinski definition) is 2. The summed E-state index contributed by atoms with van der Waals surface area (Å²) in [7, 11) is 3.96. The first-order chi connectivity index (χ1) is 11.5. The number of nitrogens with one attached hydrogen (secondary N) is 1. The number of nitrogen functional groups attached to an aromatic ring is 1. The van der Waals surface area contributed by atoms with Crippen LogP contribution in [0.3, 0.4) is 0 Å². The van der Waals surface area contributed by atoms with Crippen LogP contribution in [0.4, 0.5) is 5.82 Å². The smallest absolute Gasteiger partial charge is 0.230 e. The SMILES string of the molecule is CN(C)CCNC(=O)CSc1nc(N)c2c3c(sc2n1)CCCC3. The number of aromatic nitrogens is 2. The molecule has 2 aromatic heterocycles. The molecule has 0 aromatic carbocycles. The van der Waals surface area contributed by atoms with Gasteiger partial charge < -0.3 is 16.0 Å². The van der Waals surface area contributed by atoms with Crippen molar-refractivity contribution in [2.24, 2.45) is 0 Å². The number of amides is 1. The summed E-state index contributed by atoms with van der Waals surface area (Å²) in [5.41, 5.74) is 7.53. The van der Waals surface area contributed by atoms with Crippen molar-refractivity contribution in [3.8, 4) is 0 Å². The van der Waals surface area contributed by atoms with Crippen LogP contribution in [0, 0.1) is 0 Å². The van der Waals surface area contributed by atoms with Gasteiger partial charge in [0.05, 0.1) is 11.1 Å². The second-order valence-corrected chi connectivity index (χ2v) is 8.25. The molecule has 1 aliphatic carbocycles. The molecule has 3 rings (SSSR count). The first-order valence-corrected chi connectivity index (χ1v) is 9.97. The highest BCUT2D eigenvalue weighted by Gasteiger charge is 2.20. The van der Waals surface area contributed by atoms with Crippen LogP contribution in [0.15, 0.2) is 5.16 Å². The molecular weight excluding hydrogens is 342 g/mol. The Bertz CT molecular complexity index is 744. The lowest BCUT2D eigenvalue weighted by Gasteiger charge is -2.11. The molecule has 0 saturated carbocycles. The third-order valence-electron chi connectivity index (χ3n) is 4.04. The maximum atomic E-state index is 11.9. The molecule has 0 atom stereocenters. The van der Waals surface area contributed by atoms with E-state index < -0.39 is 0 Å². The maximum absolute atomic E-state index is 11.9. The molecule has 24 heavy (non-hydrogen) atoms. The average molecular weight is 366 g/mol. The van der Waals surface area contributed by atoms with E-state index >= 15 is 0 Å². The molecule has 6 nitrogen and oxygen atoms in total.